The molecule has 0 fully saturated rings. The van der Waals surface area contributed by atoms with E-state index in [2.05, 4.69) is 6.58 Å². The number of fused-ring (bicyclic) bond motifs is 1. The molecule has 3 rings (SSSR count). The smallest absolute Gasteiger partial charge is 0.338 e. The molecule has 3 aromatic carbocycles. The fourth-order valence-electron chi connectivity index (χ4n) is 2.43. The number of carbonyl (C=O) groups excluding carboxylic acids is 1. The van der Waals surface area contributed by atoms with Crippen molar-refractivity contribution in [2.24, 2.45) is 0 Å². The van der Waals surface area contributed by atoms with Gasteiger partial charge in [0.2, 0.25) is 0 Å². The van der Waals surface area contributed by atoms with Crippen LogP contribution in [0, 0.1) is 0 Å². The van der Waals surface area contributed by atoms with Gasteiger partial charge in [-0.1, -0.05) is 49.0 Å². The monoisotopic (exact) mass is 334 g/mol. The summed E-state index contributed by atoms with van der Waals surface area (Å²) < 4.78 is 16.9. The molecule has 0 aliphatic heterocycles. The number of ether oxygens (including phenoxy) is 3. The molecule has 25 heavy (non-hydrogen) atoms. The summed E-state index contributed by atoms with van der Waals surface area (Å²) in [7, 11) is 1.52. The highest BCUT2D eigenvalue weighted by Crippen LogP contribution is 2.43. The van der Waals surface area contributed by atoms with Crippen LogP contribution in [0.25, 0.3) is 10.8 Å². The second-order valence-electron chi connectivity index (χ2n) is 5.54. The summed E-state index contributed by atoms with van der Waals surface area (Å²) in [5.74, 6) is 1.60. The van der Waals surface area contributed by atoms with Gasteiger partial charge in [-0.25, -0.2) is 4.79 Å². The Kier molecular flexibility index (Phi) is 4.70. The van der Waals surface area contributed by atoms with Crippen molar-refractivity contribution in [1.82, 2.24) is 0 Å². The molecule has 4 heteroatoms. The first-order valence-electron chi connectivity index (χ1n) is 7.80. The lowest BCUT2D eigenvalue weighted by molar-refractivity contribution is -0.130. The van der Waals surface area contributed by atoms with E-state index in [1.54, 1.807) is 13.0 Å². The Morgan fingerprint density at radius 2 is 1.56 bits per heavy atom. The molecule has 0 spiro atoms. The number of hydrogen-bond acceptors (Lipinski definition) is 4. The molecular weight excluding hydrogens is 316 g/mol. The molecule has 0 aliphatic rings. The molecule has 0 aromatic heterocycles. The predicted octanol–water partition coefficient (Wildman–Crippen LogP) is 5.12. The first-order chi connectivity index (χ1) is 12.1. The van der Waals surface area contributed by atoms with Crippen molar-refractivity contribution in [3.05, 3.63) is 72.8 Å². The first kappa shape index (κ1) is 16.6. The Morgan fingerprint density at radius 1 is 0.920 bits per heavy atom. The van der Waals surface area contributed by atoms with Gasteiger partial charge < -0.3 is 14.2 Å². The molecule has 0 amide bonds. The van der Waals surface area contributed by atoms with Crippen molar-refractivity contribution < 1.29 is 19.0 Å². The molecule has 0 radical (unpaired) electrons. The molecule has 0 saturated heterocycles. The van der Waals surface area contributed by atoms with Crippen LogP contribution in [0.5, 0.6) is 23.0 Å². The van der Waals surface area contributed by atoms with Gasteiger partial charge in [-0.05, 0) is 19.1 Å². The fourth-order valence-corrected chi connectivity index (χ4v) is 2.43. The van der Waals surface area contributed by atoms with Gasteiger partial charge in [0.1, 0.15) is 11.5 Å². The Morgan fingerprint density at radius 3 is 2.20 bits per heavy atom. The molecule has 0 atom stereocenters. The number of carbonyl (C=O) groups is 1. The zero-order valence-corrected chi connectivity index (χ0v) is 14.1. The van der Waals surface area contributed by atoms with E-state index >= 15 is 0 Å². The van der Waals surface area contributed by atoms with Gasteiger partial charge in [-0.2, -0.15) is 0 Å². The third-order valence-electron chi connectivity index (χ3n) is 3.66. The minimum Gasteiger partial charge on any atom is -0.493 e. The van der Waals surface area contributed by atoms with Crippen molar-refractivity contribution in [3.8, 4) is 23.0 Å². The van der Waals surface area contributed by atoms with Crippen LogP contribution in [0.1, 0.15) is 6.92 Å². The molecule has 0 unspecified atom stereocenters. The number of esters is 1. The summed E-state index contributed by atoms with van der Waals surface area (Å²) >= 11 is 0. The van der Waals surface area contributed by atoms with Crippen molar-refractivity contribution in [3.63, 3.8) is 0 Å². The number of methoxy groups -OCH3 is 1. The van der Waals surface area contributed by atoms with Gasteiger partial charge in [0.15, 0.2) is 11.5 Å². The summed E-state index contributed by atoms with van der Waals surface area (Å²) in [5.41, 5.74) is 0.316. The van der Waals surface area contributed by atoms with Crippen LogP contribution in [-0.2, 0) is 4.79 Å². The Balaban J connectivity index is 2.14. The van der Waals surface area contributed by atoms with Gasteiger partial charge in [-0.3, -0.25) is 0 Å². The van der Waals surface area contributed by atoms with Crippen LogP contribution in [-0.4, -0.2) is 13.1 Å². The van der Waals surface area contributed by atoms with Crippen molar-refractivity contribution in [2.45, 2.75) is 6.92 Å². The molecule has 0 saturated carbocycles. The lowest BCUT2D eigenvalue weighted by Gasteiger charge is -2.16. The summed E-state index contributed by atoms with van der Waals surface area (Å²) in [6.07, 6.45) is 0. The minimum absolute atomic E-state index is 0.316. The van der Waals surface area contributed by atoms with Crippen LogP contribution in [0.3, 0.4) is 0 Å². The standard InChI is InChI=1S/C21H18O4/c1-14(2)21(22)25-20-17-12-8-7-11-16(17)18(13-19(20)23-3)24-15-9-5-4-6-10-15/h4-13H,1H2,2-3H3. The van der Waals surface area contributed by atoms with E-state index in [0.717, 1.165) is 10.8 Å². The van der Waals surface area contributed by atoms with Crippen molar-refractivity contribution >= 4 is 16.7 Å². The van der Waals surface area contributed by atoms with E-state index in [-0.39, 0.29) is 0 Å². The SMILES string of the molecule is C=C(C)C(=O)Oc1c(OC)cc(Oc2ccccc2)c2ccccc12. The van der Waals surface area contributed by atoms with Gasteiger partial charge in [0.25, 0.3) is 0 Å². The fraction of sp³-hybridized carbons (Fsp3) is 0.0952. The maximum absolute atomic E-state index is 12.0. The van der Waals surface area contributed by atoms with Gasteiger partial charge in [0, 0.05) is 22.4 Å². The quantitative estimate of drug-likeness (QED) is 0.369. The van der Waals surface area contributed by atoms with Gasteiger partial charge in [-0.15, -0.1) is 0 Å². The van der Waals surface area contributed by atoms with Crippen LogP contribution in [0.4, 0.5) is 0 Å². The van der Waals surface area contributed by atoms with E-state index in [1.807, 2.05) is 54.6 Å². The summed E-state index contributed by atoms with van der Waals surface area (Å²) in [6, 6.07) is 18.7. The second kappa shape index (κ2) is 7.09. The van der Waals surface area contributed by atoms with Crippen LogP contribution >= 0.6 is 0 Å². The third kappa shape index (κ3) is 3.48. The third-order valence-corrected chi connectivity index (χ3v) is 3.66. The highest BCUT2D eigenvalue weighted by atomic mass is 16.6. The molecule has 4 nitrogen and oxygen atoms in total. The molecule has 0 N–H and O–H groups in total. The Bertz CT molecular complexity index is 929. The van der Waals surface area contributed by atoms with Gasteiger partial charge >= 0.3 is 5.97 Å². The lowest BCUT2D eigenvalue weighted by atomic mass is 10.1. The zero-order valence-electron chi connectivity index (χ0n) is 14.1. The van der Waals surface area contributed by atoms with Crippen LogP contribution in [0.2, 0.25) is 0 Å². The largest absolute Gasteiger partial charge is 0.493 e. The average Bonchev–Trinajstić information content (AvgIpc) is 2.64. The van der Waals surface area contributed by atoms with E-state index < -0.39 is 5.97 Å². The molecular formula is C21H18O4. The van der Waals surface area contributed by atoms with Crippen molar-refractivity contribution in [1.29, 1.82) is 0 Å². The first-order valence-corrected chi connectivity index (χ1v) is 7.80. The summed E-state index contributed by atoms with van der Waals surface area (Å²) in [6.45, 7) is 5.22. The predicted molar refractivity (Wildman–Crippen MR) is 97.5 cm³/mol. The molecule has 0 bridgehead atoms. The minimum atomic E-state index is -0.500. The van der Waals surface area contributed by atoms with E-state index in [9.17, 15) is 4.79 Å². The Labute approximate surface area is 146 Å². The molecule has 3 aromatic rings. The molecule has 0 aliphatic carbocycles. The number of hydrogen-bond donors (Lipinski definition) is 0. The van der Waals surface area contributed by atoms with E-state index in [1.165, 1.54) is 7.11 Å². The van der Waals surface area contributed by atoms with Gasteiger partial charge in [0.05, 0.1) is 7.11 Å². The number of para-hydroxylation sites is 1. The second-order valence-corrected chi connectivity index (χ2v) is 5.54. The lowest BCUT2D eigenvalue weighted by Crippen LogP contribution is -2.09. The summed E-state index contributed by atoms with van der Waals surface area (Å²) in [5, 5.41) is 1.54. The molecule has 0 heterocycles. The summed E-state index contributed by atoms with van der Waals surface area (Å²) in [4.78, 5) is 12.0. The maximum atomic E-state index is 12.0. The van der Waals surface area contributed by atoms with Crippen molar-refractivity contribution in [2.75, 3.05) is 7.11 Å². The topological polar surface area (TPSA) is 44.8 Å². The highest BCUT2D eigenvalue weighted by Gasteiger charge is 2.18. The van der Waals surface area contributed by atoms with E-state index in [4.69, 9.17) is 14.2 Å². The van der Waals surface area contributed by atoms with Crippen LogP contribution in [0.15, 0.2) is 72.8 Å². The van der Waals surface area contributed by atoms with E-state index in [0.29, 0.717) is 28.6 Å². The number of rotatable bonds is 5. The maximum Gasteiger partial charge on any atom is 0.338 e. The molecule has 126 valence electrons. The average molecular weight is 334 g/mol. The highest BCUT2D eigenvalue weighted by molar-refractivity contribution is 5.99. The zero-order chi connectivity index (χ0) is 17.8. The normalized spacial score (nSPS) is 10.3. The Hall–Kier alpha value is -3.27. The van der Waals surface area contributed by atoms with Crippen LogP contribution < -0.4 is 14.2 Å². The number of benzene rings is 3.